The van der Waals surface area contributed by atoms with Crippen LogP contribution in [-0.2, 0) is 35.3 Å². The summed E-state index contributed by atoms with van der Waals surface area (Å²) in [6.45, 7) is 16.3. The standard InChI is InChI=1S/C24H36N2O6.C2H6/c1-16(22(30)26-20-10-8-19(9-11-20)14-31-18(3)28)25-21(29)12-13-24(6,7)32-15-23(4,5)17(2)27;1-2/h8-11,16H,12-15H2,1-7H3,(H,25,29)(H,26,30);1-2H3/t16-;/m0./s1. The molecule has 1 aromatic carbocycles. The van der Waals surface area contributed by atoms with E-state index in [-0.39, 0.29) is 43.2 Å². The first-order chi connectivity index (χ1) is 15.7. The summed E-state index contributed by atoms with van der Waals surface area (Å²) in [5.74, 6) is -0.914. The number of benzene rings is 1. The van der Waals surface area contributed by atoms with Gasteiger partial charge in [0.2, 0.25) is 11.8 Å². The third-order valence-corrected chi connectivity index (χ3v) is 5.17. The third-order valence-electron chi connectivity index (χ3n) is 5.17. The number of rotatable bonds is 12. The predicted molar refractivity (Wildman–Crippen MR) is 133 cm³/mol. The van der Waals surface area contributed by atoms with E-state index >= 15 is 0 Å². The molecular formula is C26H42N2O6. The molecule has 0 aliphatic carbocycles. The molecule has 34 heavy (non-hydrogen) atoms. The van der Waals surface area contributed by atoms with E-state index in [9.17, 15) is 19.2 Å². The van der Waals surface area contributed by atoms with E-state index in [1.165, 1.54) is 13.8 Å². The molecule has 0 spiro atoms. The zero-order valence-corrected chi connectivity index (χ0v) is 22.2. The summed E-state index contributed by atoms with van der Waals surface area (Å²) in [6, 6.07) is 6.18. The maximum atomic E-state index is 12.4. The second kappa shape index (κ2) is 14.5. The van der Waals surface area contributed by atoms with Crippen molar-refractivity contribution >= 4 is 29.3 Å². The van der Waals surface area contributed by atoms with Crippen molar-refractivity contribution in [2.75, 3.05) is 11.9 Å². The largest absolute Gasteiger partial charge is 0.461 e. The van der Waals surface area contributed by atoms with Gasteiger partial charge in [-0.15, -0.1) is 0 Å². The van der Waals surface area contributed by atoms with Crippen LogP contribution in [-0.4, -0.2) is 41.8 Å². The van der Waals surface area contributed by atoms with E-state index in [1.807, 2.05) is 41.5 Å². The Balaban J connectivity index is 0.00000529. The minimum Gasteiger partial charge on any atom is -0.461 e. The fraction of sp³-hybridized carbons (Fsp3) is 0.615. The molecule has 0 bridgehead atoms. The van der Waals surface area contributed by atoms with Gasteiger partial charge in [0, 0.05) is 24.4 Å². The maximum Gasteiger partial charge on any atom is 0.302 e. The molecule has 0 saturated carbocycles. The van der Waals surface area contributed by atoms with E-state index in [0.717, 1.165) is 5.56 Å². The summed E-state index contributed by atoms with van der Waals surface area (Å²) < 4.78 is 10.8. The van der Waals surface area contributed by atoms with Crippen LogP contribution in [0, 0.1) is 5.41 Å². The summed E-state index contributed by atoms with van der Waals surface area (Å²) in [5.41, 5.74) is 0.218. The van der Waals surface area contributed by atoms with Crippen molar-refractivity contribution in [2.45, 2.75) is 93.4 Å². The van der Waals surface area contributed by atoms with E-state index in [0.29, 0.717) is 12.1 Å². The number of amides is 2. The topological polar surface area (TPSA) is 111 Å². The first-order valence-electron chi connectivity index (χ1n) is 11.7. The van der Waals surface area contributed by atoms with Gasteiger partial charge < -0.3 is 20.1 Å². The van der Waals surface area contributed by atoms with E-state index in [4.69, 9.17) is 9.47 Å². The summed E-state index contributed by atoms with van der Waals surface area (Å²) >= 11 is 0. The van der Waals surface area contributed by atoms with Crippen molar-refractivity contribution in [3.8, 4) is 0 Å². The molecule has 0 aliphatic rings. The highest BCUT2D eigenvalue weighted by Crippen LogP contribution is 2.23. The SMILES string of the molecule is CC.CC(=O)OCc1ccc(NC(=O)[C@H](C)NC(=O)CCC(C)(C)OCC(C)(C)C(C)=O)cc1. The number of hydrogen-bond acceptors (Lipinski definition) is 6. The van der Waals surface area contributed by atoms with Gasteiger partial charge >= 0.3 is 5.97 Å². The second-order valence-electron chi connectivity index (χ2n) is 9.24. The van der Waals surface area contributed by atoms with Crippen molar-refractivity contribution in [1.29, 1.82) is 0 Å². The van der Waals surface area contributed by atoms with Crippen LogP contribution in [0.15, 0.2) is 24.3 Å². The highest BCUT2D eigenvalue weighted by molar-refractivity contribution is 5.96. The minimum atomic E-state index is -0.719. The van der Waals surface area contributed by atoms with Gasteiger partial charge in [-0.25, -0.2) is 0 Å². The minimum absolute atomic E-state index is 0.0462. The van der Waals surface area contributed by atoms with Crippen molar-refractivity contribution < 1.29 is 28.7 Å². The van der Waals surface area contributed by atoms with Gasteiger partial charge in [0.1, 0.15) is 18.4 Å². The molecule has 8 heteroatoms. The van der Waals surface area contributed by atoms with E-state index < -0.39 is 17.1 Å². The molecule has 192 valence electrons. The first kappa shape index (κ1) is 31.3. The summed E-state index contributed by atoms with van der Waals surface area (Å²) in [6.07, 6.45) is 0.640. The molecule has 0 unspecified atom stereocenters. The molecular weight excluding hydrogens is 436 g/mol. The Morgan fingerprint density at radius 2 is 1.53 bits per heavy atom. The predicted octanol–water partition coefficient (Wildman–Crippen LogP) is 4.41. The Kier molecular flexibility index (Phi) is 13.3. The maximum absolute atomic E-state index is 12.4. The lowest BCUT2D eigenvalue weighted by molar-refractivity contribution is -0.142. The molecule has 1 rings (SSSR count). The molecule has 0 fully saturated rings. The number of anilines is 1. The summed E-state index contributed by atoms with van der Waals surface area (Å²) in [5, 5.41) is 5.43. The summed E-state index contributed by atoms with van der Waals surface area (Å²) in [7, 11) is 0. The van der Waals surface area contributed by atoms with Gasteiger partial charge in [0.25, 0.3) is 0 Å². The van der Waals surface area contributed by atoms with Crippen LogP contribution in [0.1, 0.15) is 80.7 Å². The highest BCUT2D eigenvalue weighted by Gasteiger charge is 2.29. The van der Waals surface area contributed by atoms with Crippen LogP contribution in [0.3, 0.4) is 0 Å². The zero-order chi connectivity index (χ0) is 26.5. The molecule has 0 saturated heterocycles. The number of Topliss-reactive ketones (excluding diaryl/α,β-unsaturated/α-hetero) is 1. The smallest absolute Gasteiger partial charge is 0.302 e. The van der Waals surface area contributed by atoms with Gasteiger partial charge in [0.05, 0.1) is 12.2 Å². The van der Waals surface area contributed by atoms with Crippen molar-refractivity contribution in [3.63, 3.8) is 0 Å². The average Bonchev–Trinajstić information content (AvgIpc) is 2.77. The number of ether oxygens (including phenoxy) is 2. The first-order valence-corrected chi connectivity index (χ1v) is 11.7. The molecule has 0 aliphatic heterocycles. The molecule has 2 amide bonds. The fourth-order valence-electron chi connectivity index (χ4n) is 2.46. The number of esters is 1. The van der Waals surface area contributed by atoms with E-state index in [1.54, 1.807) is 31.2 Å². The number of carbonyl (C=O) groups is 4. The molecule has 0 heterocycles. The van der Waals surface area contributed by atoms with Crippen LogP contribution >= 0.6 is 0 Å². The number of carbonyl (C=O) groups excluding carboxylic acids is 4. The Morgan fingerprint density at radius 1 is 0.971 bits per heavy atom. The quantitative estimate of drug-likeness (QED) is 0.431. The Bertz CT molecular complexity index is 815. The average molecular weight is 479 g/mol. The van der Waals surface area contributed by atoms with Gasteiger partial charge in [-0.1, -0.05) is 39.8 Å². The van der Waals surface area contributed by atoms with Crippen LogP contribution in [0.25, 0.3) is 0 Å². The second-order valence-corrected chi connectivity index (χ2v) is 9.24. The molecule has 1 atom stereocenters. The monoisotopic (exact) mass is 478 g/mol. The van der Waals surface area contributed by atoms with E-state index in [2.05, 4.69) is 10.6 Å². The molecule has 0 radical (unpaired) electrons. The number of hydrogen-bond donors (Lipinski definition) is 2. The normalized spacial score (nSPS) is 12.0. The van der Waals surface area contributed by atoms with Crippen LogP contribution < -0.4 is 10.6 Å². The number of ketones is 1. The molecule has 0 aromatic heterocycles. The van der Waals surface area contributed by atoms with Crippen LogP contribution in [0.5, 0.6) is 0 Å². The van der Waals surface area contributed by atoms with Gasteiger partial charge in [-0.05, 0) is 51.8 Å². The van der Waals surface area contributed by atoms with Crippen LogP contribution in [0.2, 0.25) is 0 Å². The third kappa shape index (κ3) is 12.5. The molecule has 1 aromatic rings. The lowest BCUT2D eigenvalue weighted by Gasteiger charge is -2.30. The Morgan fingerprint density at radius 3 is 2.03 bits per heavy atom. The fourth-order valence-corrected chi connectivity index (χ4v) is 2.46. The molecule has 2 N–H and O–H groups in total. The van der Waals surface area contributed by atoms with Gasteiger partial charge in [-0.2, -0.15) is 0 Å². The van der Waals surface area contributed by atoms with Crippen molar-refractivity contribution in [3.05, 3.63) is 29.8 Å². The Labute approximate surface area is 204 Å². The van der Waals surface area contributed by atoms with Crippen LogP contribution in [0.4, 0.5) is 5.69 Å². The zero-order valence-electron chi connectivity index (χ0n) is 22.2. The van der Waals surface area contributed by atoms with Crippen molar-refractivity contribution in [1.82, 2.24) is 5.32 Å². The Hall–Kier alpha value is -2.74. The highest BCUT2D eigenvalue weighted by atomic mass is 16.5. The lowest BCUT2D eigenvalue weighted by Crippen LogP contribution is -2.42. The van der Waals surface area contributed by atoms with Gasteiger partial charge in [0.15, 0.2) is 0 Å². The molecule has 8 nitrogen and oxygen atoms in total. The van der Waals surface area contributed by atoms with Gasteiger partial charge in [-0.3, -0.25) is 19.2 Å². The van der Waals surface area contributed by atoms with Crippen molar-refractivity contribution in [2.24, 2.45) is 5.41 Å². The summed E-state index contributed by atoms with van der Waals surface area (Å²) in [4.78, 5) is 47.2. The number of nitrogens with one attached hydrogen (secondary N) is 2. The lowest BCUT2D eigenvalue weighted by atomic mass is 9.89.